The van der Waals surface area contributed by atoms with Crippen molar-refractivity contribution >= 4 is 21.6 Å². The lowest BCUT2D eigenvalue weighted by atomic mass is 10.1. The number of amides is 1. The number of methoxy groups -OCH3 is 1. The van der Waals surface area contributed by atoms with E-state index < -0.39 is 15.9 Å². The summed E-state index contributed by atoms with van der Waals surface area (Å²) in [4.78, 5) is 12.3. The number of ether oxygens (including phenoxy) is 1. The summed E-state index contributed by atoms with van der Waals surface area (Å²) in [5.41, 5.74) is 3.31. The Kier molecular flexibility index (Phi) is 6.19. The lowest BCUT2D eigenvalue weighted by Crippen LogP contribution is -2.23. The first kappa shape index (κ1) is 20.4. The predicted molar refractivity (Wildman–Crippen MR) is 102 cm³/mol. The Labute approximate surface area is 158 Å². The fourth-order valence-corrected chi connectivity index (χ4v) is 3.16. The molecule has 2 aromatic rings. The molecule has 1 amide bonds. The van der Waals surface area contributed by atoms with Gasteiger partial charge in [-0.3, -0.25) is 4.79 Å². The Bertz CT molecular complexity index is 984. The molecule has 0 heterocycles. The first-order valence-electron chi connectivity index (χ1n) is 7.91. The Hall–Kier alpha value is -2.91. The maximum Gasteiger partial charge on any atom is 0.271 e. The molecule has 2 aromatic carbocycles. The number of nitrogens with one attached hydrogen (secondary N) is 1. The standard InChI is InChI=1S/C18H21N3O5S/c1-12(16-9-8-14(26-4)11-17(16)22)19-20-18(23)13-6-5-7-15(10-13)27(24,25)21(2)3/h5-11,22H,1-4H3,(H,20,23)/b19-12+. The van der Waals surface area contributed by atoms with Gasteiger partial charge in [-0.05, 0) is 37.3 Å². The van der Waals surface area contributed by atoms with Gasteiger partial charge in [0.2, 0.25) is 10.0 Å². The van der Waals surface area contributed by atoms with E-state index in [1.807, 2.05) is 0 Å². The summed E-state index contributed by atoms with van der Waals surface area (Å²) in [6, 6.07) is 10.4. The number of benzene rings is 2. The summed E-state index contributed by atoms with van der Waals surface area (Å²) in [5, 5.41) is 14.0. The normalized spacial score (nSPS) is 12.1. The first-order chi connectivity index (χ1) is 12.7. The van der Waals surface area contributed by atoms with Gasteiger partial charge in [0, 0.05) is 31.3 Å². The van der Waals surface area contributed by atoms with Crippen molar-refractivity contribution in [3.63, 3.8) is 0 Å². The first-order valence-corrected chi connectivity index (χ1v) is 9.35. The van der Waals surface area contributed by atoms with Crippen LogP contribution in [0.5, 0.6) is 11.5 Å². The van der Waals surface area contributed by atoms with Crippen molar-refractivity contribution in [2.45, 2.75) is 11.8 Å². The van der Waals surface area contributed by atoms with Gasteiger partial charge in [0.05, 0.1) is 17.7 Å². The van der Waals surface area contributed by atoms with Crippen LogP contribution >= 0.6 is 0 Å². The van der Waals surface area contributed by atoms with E-state index in [9.17, 15) is 18.3 Å². The second-order valence-electron chi connectivity index (χ2n) is 5.84. The Balaban J connectivity index is 2.22. The van der Waals surface area contributed by atoms with Gasteiger partial charge in [0.25, 0.3) is 5.91 Å². The number of nitrogens with zero attached hydrogens (tertiary/aromatic N) is 2. The number of phenols is 1. The third-order valence-corrected chi connectivity index (χ3v) is 5.61. The number of hydrazone groups is 1. The number of carbonyl (C=O) groups is 1. The average molecular weight is 391 g/mol. The molecular formula is C18H21N3O5S. The highest BCUT2D eigenvalue weighted by atomic mass is 32.2. The smallest absolute Gasteiger partial charge is 0.271 e. The number of carbonyl (C=O) groups excluding carboxylic acids is 1. The lowest BCUT2D eigenvalue weighted by molar-refractivity contribution is 0.0954. The molecule has 0 radical (unpaired) electrons. The number of hydrogen-bond acceptors (Lipinski definition) is 6. The van der Waals surface area contributed by atoms with Crippen LogP contribution in [0.25, 0.3) is 0 Å². The van der Waals surface area contributed by atoms with E-state index in [-0.39, 0.29) is 16.2 Å². The quantitative estimate of drug-likeness (QED) is 0.577. The highest BCUT2D eigenvalue weighted by molar-refractivity contribution is 7.89. The van der Waals surface area contributed by atoms with Crippen LogP contribution in [0.3, 0.4) is 0 Å². The molecule has 0 bridgehead atoms. The van der Waals surface area contributed by atoms with Gasteiger partial charge in [-0.1, -0.05) is 6.07 Å². The average Bonchev–Trinajstić information content (AvgIpc) is 2.65. The molecule has 144 valence electrons. The molecule has 0 aromatic heterocycles. The fraction of sp³-hybridized carbons (Fsp3) is 0.222. The van der Waals surface area contributed by atoms with Crippen LogP contribution in [-0.4, -0.2) is 50.7 Å². The summed E-state index contributed by atoms with van der Waals surface area (Å²) in [7, 11) is 0.667. The van der Waals surface area contributed by atoms with Crippen LogP contribution in [0.1, 0.15) is 22.8 Å². The maximum absolute atomic E-state index is 12.3. The van der Waals surface area contributed by atoms with E-state index in [1.165, 1.54) is 51.5 Å². The largest absolute Gasteiger partial charge is 0.507 e. The molecule has 8 nitrogen and oxygen atoms in total. The van der Waals surface area contributed by atoms with Crippen LogP contribution in [0.15, 0.2) is 52.5 Å². The molecule has 27 heavy (non-hydrogen) atoms. The van der Waals surface area contributed by atoms with Crippen LogP contribution < -0.4 is 10.2 Å². The van der Waals surface area contributed by atoms with Gasteiger partial charge in [-0.25, -0.2) is 18.1 Å². The van der Waals surface area contributed by atoms with Crippen molar-refractivity contribution in [2.75, 3.05) is 21.2 Å². The zero-order valence-corrected chi connectivity index (χ0v) is 16.2. The summed E-state index contributed by atoms with van der Waals surface area (Å²) < 4.78 is 30.4. The third-order valence-electron chi connectivity index (χ3n) is 3.79. The van der Waals surface area contributed by atoms with Crippen molar-refractivity contribution < 1.29 is 23.1 Å². The van der Waals surface area contributed by atoms with E-state index in [2.05, 4.69) is 10.5 Å². The van der Waals surface area contributed by atoms with Gasteiger partial charge in [-0.15, -0.1) is 0 Å². The zero-order chi connectivity index (χ0) is 20.2. The maximum atomic E-state index is 12.3. The SMILES string of the molecule is COc1ccc(/C(C)=N/NC(=O)c2cccc(S(=O)(=O)N(C)C)c2)c(O)c1. The van der Waals surface area contributed by atoms with Crippen molar-refractivity contribution in [3.05, 3.63) is 53.6 Å². The van der Waals surface area contributed by atoms with Crippen molar-refractivity contribution in [1.29, 1.82) is 0 Å². The van der Waals surface area contributed by atoms with Gasteiger partial charge >= 0.3 is 0 Å². The highest BCUT2D eigenvalue weighted by Crippen LogP contribution is 2.23. The van der Waals surface area contributed by atoms with E-state index in [0.717, 1.165) is 4.31 Å². The minimum atomic E-state index is -3.65. The van der Waals surface area contributed by atoms with Gasteiger partial charge in [0.15, 0.2) is 0 Å². The van der Waals surface area contributed by atoms with Crippen LogP contribution in [0.2, 0.25) is 0 Å². The number of phenolic OH excluding ortho intramolecular Hbond substituents is 1. The van der Waals surface area contributed by atoms with Crippen molar-refractivity contribution in [2.24, 2.45) is 5.10 Å². The minimum Gasteiger partial charge on any atom is -0.507 e. The molecule has 9 heteroatoms. The molecule has 0 unspecified atom stereocenters. The summed E-state index contributed by atoms with van der Waals surface area (Å²) in [6.07, 6.45) is 0. The van der Waals surface area contributed by atoms with Crippen LogP contribution in [-0.2, 0) is 10.0 Å². The van der Waals surface area contributed by atoms with Crippen LogP contribution in [0, 0.1) is 0 Å². The van der Waals surface area contributed by atoms with Gasteiger partial charge in [-0.2, -0.15) is 5.10 Å². The monoisotopic (exact) mass is 391 g/mol. The number of hydrogen-bond donors (Lipinski definition) is 2. The van der Waals surface area contributed by atoms with Crippen molar-refractivity contribution in [3.8, 4) is 11.5 Å². The van der Waals surface area contributed by atoms with Crippen LogP contribution in [0.4, 0.5) is 0 Å². The molecule has 0 aliphatic carbocycles. The van der Waals surface area contributed by atoms with Gasteiger partial charge in [0.1, 0.15) is 11.5 Å². The number of aromatic hydroxyl groups is 1. The summed E-state index contributed by atoms with van der Waals surface area (Å²) >= 11 is 0. The second-order valence-corrected chi connectivity index (χ2v) is 7.99. The predicted octanol–water partition coefficient (Wildman–Crippen LogP) is 1.81. The van der Waals surface area contributed by atoms with Gasteiger partial charge < -0.3 is 9.84 Å². The topological polar surface area (TPSA) is 108 Å². The Morgan fingerprint density at radius 2 is 1.89 bits per heavy atom. The lowest BCUT2D eigenvalue weighted by Gasteiger charge is -2.12. The van der Waals surface area contributed by atoms with Crippen molar-refractivity contribution in [1.82, 2.24) is 9.73 Å². The molecule has 0 atom stereocenters. The molecule has 2 rings (SSSR count). The van der Waals surface area contributed by atoms with E-state index in [0.29, 0.717) is 17.0 Å². The summed E-state index contributed by atoms with van der Waals surface area (Å²) in [5.74, 6) is -0.117. The zero-order valence-electron chi connectivity index (χ0n) is 15.4. The summed E-state index contributed by atoms with van der Waals surface area (Å²) in [6.45, 7) is 1.62. The second kappa shape index (κ2) is 8.19. The molecule has 0 saturated heterocycles. The number of rotatable bonds is 6. The fourth-order valence-electron chi connectivity index (χ4n) is 2.21. The Morgan fingerprint density at radius 1 is 1.19 bits per heavy atom. The molecule has 0 spiro atoms. The molecule has 0 fully saturated rings. The van der Waals surface area contributed by atoms with E-state index in [1.54, 1.807) is 19.1 Å². The molecular weight excluding hydrogens is 370 g/mol. The molecule has 2 N–H and O–H groups in total. The Morgan fingerprint density at radius 3 is 2.48 bits per heavy atom. The third kappa shape index (κ3) is 4.63. The minimum absolute atomic E-state index is 0.00801. The number of sulfonamides is 1. The molecule has 0 saturated carbocycles. The molecule has 0 aliphatic heterocycles. The molecule has 0 aliphatic rings. The van der Waals surface area contributed by atoms with E-state index >= 15 is 0 Å². The highest BCUT2D eigenvalue weighted by Gasteiger charge is 2.18. The van der Waals surface area contributed by atoms with E-state index in [4.69, 9.17) is 4.74 Å².